The van der Waals surface area contributed by atoms with Gasteiger partial charge in [-0.2, -0.15) is 0 Å². The highest BCUT2D eigenvalue weighted by atomic mass is 35.5. The maximum absolute atomic E-state index is 11.9. The van der Waals surface area contributed by atoms with Crippen LogP contribution in [0.5, 0.6) is 0 Å². The average molecular weight is 384 g/mol. The number of furan rings is 1. The summed E-state index contributed by atoms with van der Waals surface area (Å²) in [4.78, 5) is 23.7. The molecule has 0 radical (unpaired) electrons. The number of amides is 1. The fourth-order valence-corrected chi connectivity index (χ4v) is 2.59. The molecule has 0 fully saturated rings. The minimum absolute atomic E-state index is 0.0105. The third kappa shape index (κ3) is 4.49. The number of methoxy groups -OCH3 is 1. The maximum Gasteiger partial charge on any atom is 0.492 e. The summed E-state index contributed by atoms with van der Waals surface area (Å²) in [5.74, 6) is -0.648. The maximum atomic E-state index is 11.9. The van der Waals surface area contributed by atoms with Crippen molar-refractivity contribution in [3.63, 3.8) is 0 Å². The van der Waals surface area contributed by atoms with Gasteiger partial charge < -0.3 is 29.3 Å². The van der Waals surface area contributed by atoms with Gasteiger partial charge in [0.2, 0.25) is 0 Å². The van der Waals surface area contributed by atoms with Crippen LogP contribution in [0.25, 0.3) is 11.0 Å². The Morgan fingerprint density at radius 2 is 1.96 bits per heavy atom. The molecule has 0 unspecified atom stereocenters. The zero-order valence-electron chi connectivity index (χ0n) is 14.8. The summed E-state index contributed by atoms with van der Waals surface area (Å²) in [6, 6.07) is 2.77. The summed E-state index contributed by atoms with van der Waals surface area (Å²) in [6.07, 6.45) is -0.706. The van der Waals surface area contributed by atoms with Gasteiger partial charge in [-0.25, -0.2) is 9.59 Å². The lowest BCUT2D eigenvalue weighted by molar-refractivity contribution is 0.0518. The fourth-order valence-electron chi connectivity index (χ4n) is 2.37. The number of carbonyl (C=O) groups excluding carboxylic acids is 2. The van der Waals surface area contributed by atoms with Crippen molar-refractivity contribution >= 4 is 47.2 Å². The molecule has 0 spiro atoms. The standard InChI is InChI=1S/C16H19BClNO7/c1-16(2,3)26-15(21)19-7-11-12(17(22)23)9-5-8(18)6-10(13(9)25-11)14(20)24-4/h5-6,22-23H,7H2,1-4H3,(H,19,21). The van der Waals surface area contributed by atoms with Crippen LogP contribution in [0.2, 0.25) is 5.02 Å². The number of fused-ring (bicyclic) bond motifs is 1. The second-order valence-electron chi connectivity index (χ2n) is 6.49. The number of nitrogens with one attached hydrogen (secondary N) is 1. The molecular formula is C16H19BClNO7. The molecule has 0 bridgehead atoms. The largest absolute Gasteiger partial charge is 0.492 e. The molecule has 26 heavy (non-hydrogen) atoms. The Hall–Kier alpha value is -2.23. The Labute approximate surface area is 155 Å². The summed E-state index contributed by atoms with van der Waals surface area (Å²) >= 11 is 6.01. The van der Waals surface area contributed by atoms with Crippen molar-refractivity contribution in [1.29, 1.82) is 0 Å². The first-order chi connectivity index (χ1) is 12.0. The Kier molecular flexibility index (Phi) is 5.85. The van der Waals surface area contributed by atoms with E-state index in [0.29, 0.717) is 0 Å². The smallest absolute Gasteiger partial charge is 0.465 e. The molecule has 0 aliphatic carbocycles. The van der Waals surface area contributed by atoms with Gasteiger partial charge in [-0.05, 0) is 32.9 Å². The van der Waals surface area contributed by atoms with E-state index in [1.54, 1.807) is 20.8 Å². The molecule has 0 atom stereocenters. The molecule has 1 aromatic heterocycles. The molecule has 1 aromatic carbocycles. The summed E-state index contributed by atoms with van der Waals surface area (Å²) in [6.45, 7) is 4.94. The van der Waals surface area contributed by atoms with Gasteiger partial charge in [-0.3, -0.25) is 0 Å². The van der Waals surface area contributed by atoms with E-state index in [0.717, 1.165) is 0 Å². The second-order valence-corrected chi connectivity index (χ2v) is 6.93. The predicted octanol–water partition coefficient (Wildman–Crippen LogP) is 1.58. The summed E-state index contributed by atoms with van der Waals surface area (Å²) in [5.41, 5.74) is -0.600. The van der Waals surface area contributed by atoms with Crippen LogP contribution < -0.4 is 10.8 Å². The van der Waals surface area contributed by atoms with Crippen molar-refractivity contribution in [1.82, 2.24) is 5.32 Å². The number of esters is 1. The Balaban J connectivity index is 2.45. The molecule has 0 aliphatic rings. The number of rotatable bonds is 4. The van der Waals surface area contributed by atoms with Crippen molar-refractivity contribution < 1.29 is 33.5 Å². The highest BCUT2D eigenvalue weighted by Crippen LogP contribution is 2.27. The van der Waals surface area contributed by atoms with Crippen LogP contribution >= 0.6 is 11.6 Å². The zero-order valence-corrected chi connectivity index (χ0v) is 15.5. The van der Waals surface area contributed by atoms with E-state index in [2.05, 4.69) is 10.1 Å². The quantitative estimate of drug-likeness (QED) is 0.542. The second kappa shape index (κ2) is 7.57. The van der Waals surface area contributed by atoms with Gasteiger partial charge in [0.1, 0.15) is 22.5 Å². The molecule has 0 saturated carbocycles. The Morgan fingerprint density at radius 3 is 2.50 bits per heavy atom. The summed E-state index contributed by atoms with van der Waals surface area (Å²) < 4.78 is 15.4. The minimum atomic E-state index is -1.91. The zero-order chi connectivity index (χ0) is 19.6. The van der Waals surface area contributed by atoms with Gasteiger partial charge in [0.15, 0.2) is 0 Å². The summed E-state index contributed by atoms with van der Waals surface area (Å²) in [7, 11) is -0.708. The first-order valence-corrected chi connectivity index (χ1v) is 8.07. The lowest BCUT2D eigenvalue weighted by Gasteiger charge is -2.19. The normalized spacial score (nSPS) is 11.3. The van der Waals surface area contributed by atoms with E-state index in [1.165, 1.54) is 19.2 Å². The number of alkyl carbamates (subject to hydrolysis) is 1. The number of hydrogen-bond acceptors (Lipinski definition) is 7. The topological polar surface area (TPSA) is 118 Å². The average Bonchev–Trinajstić information content (AvgIpc) is 2.88. The van der Waals surface area contributed by atoms with Crippen LogP contribution in [-0.4, -0.2) is 41.9 Å². The van der Waals surface area contributed by atoms with Gasteiger partial charge in [-0.1, -0.05) is 11.6 Å². The molecule has 1 amide bonds. The molecule has 10 heteroatoms. The Morgan fingerprint density at radius 1 is 1.31 bits per heavy atom. The van der Waals surface area contributed by atoms with Crippen LogP contribution in [0.1, 0.15) is 36.9 Å². The SMILES string of the molecule is COC(=O)c1cc(Cl)cc2c(B(O)O)c(CNC(=O)OC(C)(C)C)oc12. The fraction of sp³-hybridized carbons (Fsp3) is 0.375. The highest BCUT2D eigenvalue weighted by molar-refractivity contribution is 6.62. The van der Waals surface area contributed by atoms with Crippen LogP contribution in [0.3, 0.4) is 0 Å². The molecule has 8 nitrogen and oxygen atoms in total. The molecule has 140 valence electrons. The first kappa shape index (κ1) is 20.1. The van der Waals surface area contributed by atoms with E-state index < -0.39 is 24.8 Å². The molecule has 0 aliphatic heterocycles. The lowest BCUT2D eigenvalue weighted by atomic mass is 9.77. The number of halogens is 1. The van der Waals surface area contributed by atoms with E-state index in [-0.39, 0.29) is 39.3 Å². The van der Waals surface area contributed by atoms with Gasteiger partial charge in [0.05, 0.1) is 13.7 Å². The molecule has 0 saturated heterocycles. The van der Waals surface area contributed by atoms with Crippen molar-refractivity contribution in [2.45, 2.75) is 32.9 Å². The number of carbonyl (C=O) groups is 2. The Bertz CT molecular complexity index is 841. The van der Waals surface area contributed by atoms with Crippen molar-refractivity contribution in [2.24, 2.45) is 0 Å². The molecule has 1 heterocycles. The van der Waals surface area contributed by atoms with Gasteiger partial charge in [0.25, 0.3) is 0 Å². The van der Waals surface area contributed by atoms with E-state index in [9.17, 15) is 19.6 Å². The molecule has 2 rings (SSSR count). The minimum Gasteiger partial charge on any atom is -0.465 e. The van der Waals surface area contributed by atoms with Crippen molar-refractivity contribution in [2.75, 3.05) is 7.11 Å². The van der Waals surface area contributed by atoms with Gasteiger partial charge in [0, 0.05) is 15.9 Å². The lowest BCUT2D eigenvalue weighted by Crippen LogP contribution is -2.36. The van der Waals surface area contributed by atoms with E-state index in [1.807, 2.05) is 0 Å². The number of hydrogen-bond donors (Lipinski definition) is 3. The predicted molar refractivity (Wildman–Crippen MR) is 95.5 cm³/mol. The van der Waals surface area contributed by atoms with E-state index >= 15 is 0 Å². The van der Waals surface area contributed by atoms with Crippen LogP contribution in [-0.2, 0) is 16.0 Å². The molecular weight excluding hydrogens is 364 g/mol. The third-order valence-corrected chi connectivity index (χ3v) is 3.54. The first-order valence-electron chi connectivity index (χ1n) is 7.69. The van der Waals surface area contributed by atoms with Crippen molar-refractivity contribution in [3.8, 4) is 0 Å². The number of benzene rings is 1. The molecule has 3 N–H and O–H groups in total. The van der Waals surface area contributed by atoms with Gasteiger partial charge in [-0.15, -0.1) is 0 Å². The van der Waals surface area contributed by atoms with E-state index in [4.69, 9.17) is 20.8 Å². The van der Waals surface area contributed by atoms with Crippen molar-refractivity contribution in [3.05, 3.63) is 28.5 Å². The van der Waals surface area contributed by atoms with Crippen LogP contribution in [0, 0.1) is 0 Å². The van der Waals surface area contributed by atoms with Crippen LogP contribution in [0.15, 0.2) is 16.5 Å². The summed E-state index contributed by atoms with van der Waals surface area (Å²) in [5, 5.41) is 22.3. The van der Waals surface area contributed by atoms with Gasteiger partial charge >= 0.3 is 19.2 Å². The number of ether oxygens (including phenoxy) is 2. The monoisotopic (exact) mass is 383 g/mol. The molecule has 2 aromatic rings. The van der Waals surface area contributed by atoms with Crippen LogP contribution in [0.4, 0.5) is 4.79 Å². The highest BCUT2D eigenvalue weighted by Gasteiger charge is 2.28. The third-order valence-electron chi connectivity index (χ3n) is 3.33.